The second kappa shape index (κ2) is 9.15. The third kappa shape index (κ3) is 5.67. The summed E-state index contributed by atoms with van der Waals surface area (Å²) in [6, 6.07) is 0.655. The molecular formula is C15H29N3. The summed E-state index contributed by atoms with van der Waals surface area (Å²) >= 11 is 0. The van der Waals surface area contributed by atoms with E-state index in [1.807, 2.05) is 6.20 Å². The van der Waals surface area contributed by atoms with Crippen molar-refractivity contribution >= 4 is 0 Å². The van der Waals surface area contributed by atoms with Gasteiger partial charge in [0, 0.05) is 31.4 Å². The largest absolute Gasteiger partial charge is 0.335 e. The van der Waals surface area contributed by atoms with Crippen LogP contribution >= 0.6 is 0 Å². The van der Waals surface area contributed by atoms with E-state index in [1.165, 1.54) is 37.9 Å². The normalized spacial score (nSPS) is 12.8. The average molecular weight is 251 g/mol. The fourth-order valence-corrected chi connectivity index (χ4v) is 2.22. The molecule has 3 nitrogen and oxygen atoms in total. The molecule has 18 heavy (non-hydrogen) atoms. The van der Waals surface area contributed by atoms with E-state index < -0.39 is 0 Å². The SMILES string of the molecule is CCCNC(C)CCCCn1ccnc1CCC. The van der Waals surface area contributed by atoms with Gasteiger partial charge in [0.2, 0.25) is 0 Å². The third-order valence-electron chi connectivity index (χ3n) is 3.30. The molecule has 0 spiro atoms. The molecule has 1 heterocycles. The minimum Gasteiger partial charge on any atom is -0.335 e. The lowest BCUT2D eigenvalue weighted by Gasteiger charge is -2.13. The minimum atomic E-state index is 0.655. The van der Waals surface area contributed by atoms with Gasteiger partial charge in [0.05, 0.1) is 0 Å². The van der Waals surface area contributed by atoms with Crippen molar-refractivity contribution in [3.8, 4) is 0 Å². The van der Waals surface area contributed by atoms with Crippen LogP contribution in [0, 0.1) is 0 Å². The van der Waals surface area contributed by atoms with Crippen LogP contribution in [-0.4, -0.2) is 22.1 Å². The monoisotopic (exact) mass is 251 g/mol. The second-order valence-corrected chi connectivity index (χ2v) is 5.14. The van der Waals surface area contributed by atoms with Gasteiger partial charge in [0.25, 0.3) is 0 Å². The second-order valence-electron chi connectivity index (χ2n) is 5.14. The Labute approximate surface area is 112 Å². The standard InChI is InChI=1S/C15H29N3/c1-4-8-15-17-11-13-18(15)12-7-6-9-14(3)16-10-5-2/h11,13-14,16H,4-10,12H2,1-3H3. The highest BCUT2D eigenvalue weighted by molar-refractivity contribution is 4.92. The summed E-state index contributed by atoms with van der Waals surface area (Å²) < 4.78 is 2.31. The van der Waals surface area contributed by atoms with E-state index in [-0.39, 0.29) is 0 Å². The summed E-state index contributed by atoms with van der Waals surface area (Å²) in [5, 5.41) is 3.54. The first kappa shape index (κ1) is 15.2. The van der Waals surface area contributed by atoms with Crippen LogP contribution in [0.3, 0.4) is 0 Å². The Balaban J connectivity index is 2.15. The number of aromatic nitrogens is 2. The van der Waals surface area contributed by atoms with Gasteiger partial charge in [-0.15, -0.1) is 0 Å². The van der Waals surface area contributed by atoms with Crippen molar-refractivity contribution in [2.24, 2.45) is 0 Å². The smallest absolute Gasteiger partial charge is 0.108 e. The molecule has 1 unspecified atom stereocenters. The molecule has 0 aromatic carbocycles. The lowest BCUT2D eigenvalue weighted by molar-refractivity contribution is 0.472. The summed E-state index contributed by atoms with van der Waals surface area (Å²) in [6.07, 6.45) is 11.4. The van der Waals surface area contributed by atoms with Crippen LogP contribution in [0.15, 0.2) is 12.4 Å². The topological polar surface area (TPSA) is 29.9 Å². The molecule has 1 atom stereocenters. The van der Waals surface area contributed by atoms with Crippen LogP contribution in [0.2, 0.25) is 0 Å². The molecule has 1 aromatic heterocycles. The predicted molar refractivity (Wildman–Crippen MR) is 77.8 cm³/mol. The Morgan fingerprint density at radius 1 is 1.28 bits per heavy atom. The van der Waals surface area contributed by atoms with Crippen molar-refractivity contribution in [2.75, 3.05) is 6.54 Å². The number of nitrogens with one attached hydrogen (secondary N) is 1. The molecule has 0 aliphatic rings. The van der Waals surface area contributed by atoms with Gasteiger partial charge < -0.3 is 9.88 Å². The first-order chi connectivity index (χ1) is 8.77. The van der Waals surface area contributed by atoms with E-state index in [2.05, 4.69) is 41.8 Å². The maximum absolute atomic E-state index is 4.41. The van der Waals surface area contributed by atoms with Gasteiger partial charge in [-0.2, -0.15) is 0 Å². The molecule has 0 fully saturated rings. The molecule has 104 valence electrons. The van der Waals surface area contributed by atoms with Crippen LogP contribution in [0.25, 0.3) is 0 Å². The summed E-state index contributed by atoms with van der Waals surface area (Å²) in [4.78, 5) is 4.41. The molecule has 0 saturated carbocycles. The van der Waals surface area contributed by atoms with Gasteiger partial charge in [-0.1, -0.05) is 20.3 Å². The van der Waals surface area contributed by atoms with Crippen LogP contribution in [0.5, 0.6) is 0 Å². The van der Waals surface area contributed by atoms with Gasteiger partial charge in [-0.25, -0.2) is 4.98 Å². The van der Waals surface area contributed by atoms with E-state index in [4.69, 9.17) is 0 Å². The Hall–Kier alpha value is -0.830. The van der Waals surface area contributed by atoms with Crippen molar-refractivity contribution < 1.29 is 0 Å². The highest BCUT2D eigenvalue weighted by Gasteiger charge is 2.03. The number of nitrogens with zero attached hydrogens (tertiary/aromatic N) is 2. The summed E-state index contributed by atoms with van der Waals surface area (Å²) in [7, 11) is 0. The van der Waals surface area contributed by atoms with Crippen LogP contribution in [0.1, 0.15) is 58.7 Å². The molecule has 0 bridgehead atoms. The van der Waals surface area contributed by atoms with Gasteiger partial charge in [0.15, 0.2) is 0 Å². The predicted octanol–water partition coefficient (Wildman–Crippen LogP) is 3.39. The highest BCUT2D eigenvalue weighted by Crippen LogP contribution is 2.06. The molecule has 1 rings (SSSR count). The van der Waals surface area contributed by atoms with Crippen molar-refractivity contribution in [2.45, 2.75) is 71.9 Å². The molecule has 0 radical (unpaired) electrons. The molecular weight excluding hydrogens is 222 g/mol. The lowest BCUT2D eigenvalue weighted by atomic mass is 10.1. The van der Waals surface area contributed by atoms with Crippen molar-refractivity contribution in [1.29, 1.82) is 0 Å². The number of rotatable bonds is 10. The quantitative estimate of drug-likeness (QED) is 0.646. The maximum atomic E-state index is 4.41. The zero-order chi connectivity index (χ0) is 13.2. The molecule has 0 aliphatic heterocycles. The van der Waals surface area contributed by atoms with E-state index in [0.29, 0.717) is 6.04 Å². The van der Waals surface area contributed by atoms with E-state index in [0.717, 1.165) is 19.5 Å². The fourth-order valence-electron chi connectivity index (χ4n) is 2.22. The van der Waals surface area contributed by atoms with Crippen molar-refractivity contribution in [3.05, 3.63) is 18.2 Å². The zero-order valence-electron chi connectivity index (χ0n) is 12.3. The average Bonchev–Trinajstić information content (AvgIpc) is 2.80. The maximum Gasteiger partial charge on any atom is 0.108 e. The third-order valence-corrected chi connectivity index (χ3v) is 3.30. The van der Waals surface area contributed by atoms with Crippen molar-refractivity contribution in [3.63, 3.8) is 0 Å². The Morgan fingerprint density at radius 2 is 2.11 bits per heavy atom. The fraction of sp³-hybridized carbons (Fsp3) is 0.800. The molecule has 1 N–H and O–H groups in total. The van der Waals surface area contributed by atoms with Crippen molar-refractivity contribution in [1.82, 2.24) is 14.9 Å². The molecule has 3 heteroatoms. The zero-order valence-corrected chi connectivity index (χ0v) is 12.3. The summed E-state index contributed by atoms with van der Waals surface area (Å²) in [5.74, 6) is 1.25. The number of aryl methyl sites for hydroxylation is 2. The Bertz CT molecular complexity index is 306. The number of hydrogen-bond acceptors (Lipinski definition) is 2. The van der Waals surface area contributed by atoms with Crippen LogP contribution in [-0.2, 0) is 13.0 Å². The first-order valence-electron chi connectivity index (χ1n) is 7.51. The highest BCUT2D eigenvalue weighted by atomic mass is 15.1. The Morgan fingerprint density at radius 3 is 2.83 bits per heavy atom. The minimum absolute atomic E-state index is 0.655. The van der Waals surface area contributed by atoms with Gasteiger partial charge in [-0.3, -0.25) is 0 Å². The van der Waals surface area contributed by atoms with Gasteiger partial charge in [0.1, 0.15) is 5.82 Å². The number of unbranched alkanes of at least 4 members (excludes halogenated alkanes) is 1. The van der Waals surface area contributed by atoms with Crippen LogP contribution in [0.4, 0.5) is 0 Å². The number of hydrogen-bond donors (Lipinski definition) is 1. The lowest BCUT2D eigenvalue weighted by Crippen LogP contribution is -2.26. The summed E-state index contributed by atoms with van der Waals surface area (Å²) in [5.41, 5.74) is 0. The van der Waals surface area contributed by atoms with Gasteiger partial charge >= 0.3 is 0 Å². The van der Waals surface area contributed by atoms with E-state index in [9.17, 15) is 0 Å². The first-order valence-corrected chi connectivity index (χ1v) is 7.51. The van der Waals surface area contributed by atoms with E-state index in [1.54, 1.807) is 0 Å². The molecule has 1 aromatic rings. The van der Waals surface area contributed by atoms with E-state index >= 15 is 0 Å². The molecule has 0 amide bonds. The Kier molecular flexibility index (Phi) is 7.74. The number of imidazole rings is 1. The molecule has 0 aliphatic carbocycles. The van der Waals surface area contributed by atoms with Crippen LogP contribution < -0.4 is 5.32 Å². The molecule has 0 saturated heterocycles. The summed E-state index contributed by atoms with van der Waals surface area (Å²) in [6.45, 7) is 8.97. The van der Waals surface area contributed by atoms with Gasteiger partial charge in [-0.05, 0) is 39.2 Å².